The average Bonchev–Trinajstić information content (AvgIpc) is 2.34. The smallest absolute Gasteiger partial charge is 0.310 e. The zero-order valence-corrected chi connectivity index (χ0v) is 11.7. The van der Waals surface area contributed by atoms with Crippen LogP contribution in [0.1, 0.15) is 31.4 Å². The lowest BCUT2D eigenvalue weighted by atomic mass is 9.94. The summed E-state index contributed by atoms with van der Waals surface area (Å²) in [4.78, 5) is 22.6. The van der Waals surface area contributed by atoms with Crippen molar-refractivity contribution in [3.05, 3.63) is 35.4 Å². The number of aliphatic carboxylic acids is 1. The first kappa shape index (κ1) is 15.2. The first-order valence-electron chi connectivity index (χ1n) is 6.37. The van der Waals surface area contributed by atoms with E-state index in [1.54, 1.807) is 13.8 Å². The maximum Gasteiger partial charge on any atom is 0.310 e. The molecule has 0 heterocycles. The van der Waals surface area contributed by atoms with Crippen LogP contribution in [0.25, 0.3) is 0 Å². The van der Waals surface area contributed by atoms with Crippen LogP contribution >= 0.6 is 0 Å². The van der Waals surface area contributed by atoms with E-state index in [0.717, 1.165) is 5.56 Å². The Morgan fingerprint density at radius 1 is 1.32 bits per heavy atom. The van der Waals surface area contributed by atoms with E-state index in [4.69, 9.17) is 5.11 Å². The molecule has 0 aliphatic heterocycles. The lowest BCUT2D eigenvalue weighted by molar-refractivity contribution is -0.146. The molecule has 4 heteroatoms. The Balaban J connectivity index is 2.39. The van der Waals surface area contributed by atoms with Crippen molar-refractivity contribution in [2.75, 3.05) is 6.54 Å². The predicted octanol–water partition coefficient (Wildman–Crippen LogP) is 2.15. The van der Waals surface area contributed by atoms with Gasteiger partial charge in [0.1, 0.15) is 0 Å². The maximum atomic E-state index is 11.7. The molecule has 4 nitrogen and oxygen atoms in total. The number of aryl methyl sites for hydroxylation is 2. The number of amides is 1. The maximum absolute atomic E-state index is 11.7. The van der Waals surface area contributed by atoms with E-state index < -0.39 is 11.4 Å². The number of hydrogen-bond donors (Lipinski definition) is 2. The van der Waals surface area contributed by atoms with Gasteiger partial charge in [-0.05, 0) is 32.8 Å². The molecule has 0 saturated carbocycles. The second-order valence-corrected chi connectivity index (χ2v) is 5.45. The molecule has 1 rings (SSSR count). The molecule has 0 saturated heterocycles. The van der Waals surface area contributed by atoms with E-state index in [0.29, 0.717) is 12.8 Å². The highest BCUT2D eigenvalue weighted by atomic mass is 16.4. The summed E-state index contributed by atoms with van der Waals surface area (Å²) in [5, 5.41) is 11.6. The molecule has 1 aromatic rings. The molecule has 0 aromatic heterocycles. The summed E-state index contributed by atoms with van der Waals surface area (Å²) in [7, 11) is 0. The number of carbonyl (C=O) groups is 2. The van der Waals surface area contributed by atoms with E-state index in [2.05, 4.69) is 11.4 Å². The highest BCUT2D eigenvalue weighted by Gasteiger charge is 2.27. The second-order valence-electron chi connectivity index (χ2n) is 5.45. The van der Waals surface area contributed by atoms with Crippen LogP contribution in [0.15, 0.2) is 24.3 Å². The molecular formula is C15H21NO3. The third-order valence-corrected chi connectivity index (χ3v) is 3.03. The molecule has 1 amide bonds. The summed E-state index contributed by atoms with van der Waals surface area (Å²) >= 11 is 0. The average molecular weight is 263 g/mol. The normalized spacial score (nSPS) is 11.1. The van der Waals surface area contributed by atoms with Gasteiger partial charge in [0.2, 0.25) is 5.91 Å². The van der Waals surface area contributed by atoms with Crippen LogP contribution in [0.3, 0.4) is 0 Å². The van der Waals surface area contributed by atoms with Gasteiger partial charge in [0, 0.05) is 13.0 Å². The molecule has 19 heavy (non-hydrogen) atoms. The molecular weight excluding hydrogens is 242 g/mol. The lowest BCUT2D eigenvalue weighted by Gasteiger charge is -2.19. The number of carboxylic acid groups (broad SMARTS) is 1. The highest BCUT2D eigenvalue weighted by Crippen LogP contribution is 2.13. The van der Waals surface area contributed by atoms with Crippen molar-refractivity contribution < 1.29 is 14.7 Å². The van der Waals surface area contributed by atoms with Crippen LogP contribution < -0.4 is 5.32 Å². The molecule has 0 fully saturated rings. The summed E-state index contributed by atoms with van der Waals surface area (Å²) in [5.74, 6) is -1.03. The summed E-state index contributed by atoms with van der Waals surface area (Å²) in [6.07, 6.45) is 1.04. The van der Waals surface area contributed by atoms with E-state index in [1.807, 2.05) is 25.1 Å². The van der Waals surface area contributed by atoms with Gasteiger partial charge in [-0.15, -0.1) is 0 Å². The first-order chi connectivity index (χ1) is 8.81. The number of carboxylic acids is 1. The summed E-state index contributed by atoms with van der Waals surface area (Å²) in [6, 6.07) is 8.02. The van der Waals surface area contributed by atoms with E-state index in [-0.39, 0.29) is 12.5 Å². The van der Waals surface area contributed by atoms with Crippen LogP contribution in [0.5, 0.6) is 0 Å². The summed E-state index contributed by atoms with van der Waals surface area (Å²) in [6.45, 7) is 5.35. The lowest BCUT2D eigenvalue weighted by Crippen LogP contribution is -2.38. The van der Waals surface area contributed by atoms with Crippen molar-refractivity contribution in [3.63, 3.8) is 0 Å². The fourth-order valence-corrected chi connectivity index (χ4v) is 1.61. The Hall–Kier alpha value is -1.84. The van der Waals surface area contributed by atoms with Crippen molar-refractivity contribution in [1.82, 2.24) is 5.32 Å². The van der Waals surface area contributed by atoms with Gasteiger partial charge >= 0.3 is 5.97 Å². The van der Waals surface area contributed by atoms with Crippen LogP contribution in [0, 0.1) is 12.3 Å². The Morgan fingerprint density at radius 2 is 2.00 bits per heavy atom. The predicted molar refractivity (Wildman–Crippen MR) is 73.9 cm³/mol. The largest absolute Gasteiger partial charge is 0.481 e. The van der Waals surface area contributed by atoms with Gasteiger partial charge in [-0.2, -0.15) is 0 Å². The first-order valence-corrected chi connectivity index (χ1v) is 6.37. The fraction of sp³-hybridized carbons (Fsp3) is 0.467. The zero-order valence-electron chi connectivity index (χ0n) is 11.7. The second kappa shape index (κ2) is 6.36. The topological polar surface area (TPSA) is 66.4 Å². The Kier molecular flexibility index (Phi) is 5.10. The molecule has 0 aliphatic carbocycles. The van der Waals surface area contributed by atoms with Gasteiger partial charge in [-0.3, -0.25) is 9.59 Å². The van der Waals surface area contributed by atoms with Crippen molar-refractivity contribution in [3.8, 4) is 0 Å². The van der Waals surface area contributed by atoms with Gasteiger partial charge in [-0.1, -0.05) is 29.8 Å². The van der Waals surface area contributed by atoms with Gasteiger partial charge in [0.05, 0.1) is 5.41 Å². The quantitative estimate of drug-likeness (QED) is 0.826. The summed E-state index contributed by atoms with van der Waals surface area (Å²) in [5.41, 5.74) is 1.36. The SMILES string of the molecule is Cc1cccc(CCC(=O)NCC(C)(C)C(=O)O)c1. The molecule has 0 spiro atoms. The minimum atomic E-state index is -0.932. The third kappa shape index (κ3) is 5.12. The Labute approximate surface area is 113 Å². The van der Waals surface area contributed by atoms with Crippen molar-refractivity contribution >= 4 is 11.9 Å². The van der Waals surface area contributed by atoms with Crippen molar-refractivity contribution in [2.45, 2.75) is 33.6 Å². The fourth-order valence-electron chi connectivity index (χ4n) is 1.61. The Morgan fingerprint density at radius 3 is 2.58 bits per heavy atom. The molecule has 104 valence electrons. The molecule has 0 atom stereocenters. The number of carbonyl (C=O) groups excluding carboxylic acids is 1. The molecule has 0 bridgehead atoms. The van der Waals surface area contributed by atoms with E-state index >= 15 is 0 Å². The molecule has 0 aliphatic rings. The number of rotatable bonds is 6. The van der Waals surface area contributed by atoms with E-state index in [1.165, 1.54) is 5.56 Å². The molecule has 2 N–H and O–H groups in total. The highest BCUT2D eigenvalue weighted by molar-refractivity contribution is 5.78. The molecule has 0 radical (unpaired) electrons. The third-order valence-electron chi connectivity index (χ3n) is 3.03. The van der Waals surface area contributed by atoms with Crippen molar-refractivity contribution in [1.29, 1.82) is 0 Å². The number of benzene rings is 1. The van der Waals surface area contributed by atoms with Crippen LogP contribution in [0.2, 0.25) is 0 Å². The monoisotopic (exact) mass is 263 g/mol. The van der Waals surface area contributed by atoms with Crippen molar-refractivity contribution in [2.24, 2.45) is 5.41 Å². The van der Waals surface area contributed by atoms with Gasteiger partial charge in [0.25, 0.3) is 0 Å². The van der Waals surface area contributed by atoms with E-state index in [9.17, 15) is 9.59 Å². The zero-order chi connectivity index (χ0) is 14.5. The Bertz CT molecular complexity index is 466. The molecule has 1 aromatic carbocycles. The number of nitrogens with one attached hydrogen (secondary N) is 1. The van der Waals surface area contributed by atoms with Gasteiger partial charge in [0.15, 0.2) is 0 Å². The van der Waals surface area contributed by atoms with Crippen LogP contribution in [0.4, 0.5) is 0 Å². The van der Waals surface area contributed by atoms with Gasteiger partial charge in [-0.25, -0.2) is 0 Å². The standard InChI is InChI=1S/C15H21NO3/c1-11-5-4-6-12(9-11)7-8-13(17)16-10-15(2,3)14(18)19/h4-6,9H,7-8,10H2,1-3H3,(H,16,17)(H,18,19). The van der Waals surface area contributed by atoms with Gasteiger partial charge < -0.3 is 10.4 Å². The molecule has 0 unspecified atom stereocenters. The number of hydrogen-bond acceptors (Lipinski definition) is 2. The summed E-state index contributed by atoms with van der Waals surface area (Å²) < 4.78 is 0. The van der Waals surface area contributed by atoms with Crippen LogP contribution in [-0.4, -0.2) is 23.5 Å². The van der Waals surface area contributed by atoms with Crippen LogP contribution in [-0.2, 0) is 16.0 Å². The minimum absolute atomic E-state index is 0.115. The minimum Gasteiger partial charge on any atom is -0.481 e.